The van der Waals surface area contributed by atoms with Gasteiger partial charge in [0.05, 0.1) is 12.1 Å². The van der Waals surface area contributed by atoms with Crippen LogP contribution in [0.25, 0.3) is 0 Å². The summed E-state index contributed by atoms with van der Waals surface area (Å²) in [6.45, 7) is 1.03. The number of halogens is 2. The zero-order valence-electron chi connectivity index (χ0n) is 10.6. The van der Waals surface area contributed by atoms with E-state index in [2.05, 4.69) is 21.5 Å². The number of aliphatic hydroxyl groups is 1. The van der Waals surface area contributed by atoms with E-state index in [1.807, 2.05) is 0 Å². The summed E-state index contributed by atoms with van der Waals surface area (Å²) in [5.41, 5.74) is 5.65. The predicted octanol–water partition coefficient (Wildman–Crippen LogP) is -0.226. The lowest BCUT2D eigenvalue weighted by molar-refractivity contribution is 0.168. The first-order valence-electron chi connectivity index (χ1n) is 6.19. The molecule has 5 N–H and O–H groups in total. The zero-order chi connectivity index (χ0) is 14.5. The number of nitrogens with one attached hydrogen (secondary N) is 4. The third kappa shape index (κ3) is 3.86. The molecule has 1 unspecified atom stereocenters. The van der Waals surface area contributed by atoms with Crippen LogP contribution in [0.5, 0.6) is 0 Å². The maximum Gasteiger partial charge on any atom is 0.315 e. The van der Waals surface area contributed by atoms with Crippen LogP contribution in [0.1, 0.15) is 11.7 Å². The summed E-state index contributed by atoms with van der Waals surface area (Å²) in [6.07, 6.45) is -1.24. The summed E-state index contributed by atoms with van der Waals surface area (Å²) in [5.74, 6) is -1.56. The summed E-state index contributed by atoms with van der Waals surface area (Å²) in [4.78, 5) is 11.5. The number of benzene rings is 1. The highest BCUT2D eigenvalue weighted by molar-refractivity contribution is 5.74. The molecule has 0 radical (unpaired) electrons. The lowest BCUT2D eigenvalue weighted by Crippen LogP contribution is -2.45. The maximum absolute atomic E-state index is 13.4. The normalized spacial score (nSPS) is 16.9. The van der Waals surface area contributed by atoms with E-state index in [0.29, 0.717) is 19.2 Å². The van der Waals surface area contributed by atoms with Crippen LogP contribution in [0, 0.1) is 11.6 Å². The zero-order valence-corrected chi connectivity index (χ0v) is 10.6. The largest absolute Gasteiger partial charge is 0.386 e. The minimum Gasteiger partial charge on any atom is -0.386 e. The molecule has 1 aromatic rings. The minimum atomic E-state index is -1.24. The molecule has 1 aliphatic heterocycles. The topological polar surface area (TPSA) is 85.4 Å². The number of urea groups is 1. The van der Waals surface area contributed by atoms with Crippen LogP contribution in [0.15, 0.2) is 18.2 Å². The molecule has 1 saturated heterocycles. The van der Waals surface area contributed by atoms with Gasteiger partial charge in [-0.2, -0.15) is 0 Å². The number of amides is 2. The Kier molecular flexibility index (Phi) is 4.83. The summed E-state index contributed by atoms with van der Waals surface area (Å²) >= 11 is 0. The minimum absolute atomic E-state index is 0.0466. The molecule has 0 aliphatic carbocycles. The SMILES string of the molecule is O=C(NCC(O)c1ccc(F)cc1F)NC1CNNC1. The fourth-order valence-corrected chi connectivity index (χ4v) is 1.87. The van der Waals surface area contributed by atoms with E-state index in [-0.39, 0.29) is 18.2 Å². The van der Waals surface area contributed by atoms with Crippen LogP contribution in [0.4, 0.5) is 13.6 Å². The Labute approximate surface area is 114 Å². The quantitative estimate of drug-likeness (QED) is 0.529. The smallest absolute Gasteiger partial charge is 0.315 e. The molecule has 1 atom stereocenters. The number of hydrogen-bond acceptors (Lipinski definition) is 4. The molecule has 2 amide bonds. The molecule has 0 spiro atoms. The molecule has 1 heterocycles. The number of aliphatic hydroxyl groups excluding tert-OH is 1. The van der Waals surface area contributed by atoms with Gasteiger partial charge in [-0.05, 0) is 6.07 Å². The number of rotatable bonds is 4. The van der Waals surface area contributed by atoms with Crippen LogP contribution in [-0.2, 0) is 0 Å². The van der Waals surface area contributed by atoms with Crippen molar-refractivity contribution >= 4 is 6.03 Å². The molecule has 6 nitrogen and oxygen atoms in total. The Balaban J connectivity index is 1.81. The maximum atomic E-state index is 13.4. The number of carbonyl (C=O) groups excluding carboxylic acids is 1. The molecule has 8 heteroatoms. The van der Waals surface area contributed by atoms with Gasteiger partial charge in [0.1, 0.15) is 11.6 Å². The van der Waals surface area contributed by atoms with Gasteiger partial charge in [0.2, 0.25) is 0 Å². The molecule has 1 aliphatic rings. The van der Waals surface area contributed by atoms with Crippen molar-refractivity contribution in [1.82, 2.24) is 21.5 Å². The van der Waals surface area contributed by atoms with Crippen LogP contribution in [0.3, 0.4) is 0 Å². The van der Waals surface area contributed by atoms with E-state index in [0.717, 1.165) is 12.1 Å². The molecule has 0 aromatic heterocycles. The highest BCUT2D eigenvalue weighted by atomic mass is 19.1. The van der Waals surface area contributed by atoms with Gasteiger partial charge in [0, 0.05) is 31.3 Å². The van der Waals surface area contributed by atoms with Gasteiger partial charge in [-0.1, -0.05) is 6.07 Å². The number of carbonyl (C=O) groups is 1. The molecule has 20 heavy (non-hydrogen) atoms. The standard InChI is InChI=1S/C12H16F2N4O2/c13-7-1-2-9(10(14)3-7)11(19)6-15-12(20)18-8-4-16-17-5-8/h1-3,8,11,16-17,19H,4-6H2,(H2,15,18,20). The van der Waals surface area contributed by atoms with E-state index in [1.165, 1.54) is 0 Å². The van der Waals surface area contributed by atoms with Crippen LogP contribution in [0.2, 0.25) is 0 Å². The highest BCUT2D eigenvalue weighted by Gasteiger charge is 2.18. The first-order valence-corrected chi connectivity index (χ1v) is 6.19. The molecule has 2 rings (SSSR count). The van der Waals surface area contributed by atoms with E-state index < -0.39 is 23.8 Å². The Morgan fingerprint density at radius 2 is 2.10 bits per heavy atom. The van der Waals surface area contributed by atoms with Crippen LogP contribution in [-0.4, -0.2) is 36.8 Å². The van der Waals surface area contributed by atoms with Gasteiger partial charge < -0.3 is 15.7 Å². The van der Waals surface area contributed by atoms with Gasteiger partial charge in [-0.15, -0.1) is 0 Å². The van der Waals surface area contributed by atoms with Gasteiger partial charge in [-0.25, -0.2) is 13.6 Å². The molecule has 0 saturated carbocycles. The second kappa shape index (κ2) is 6.60. The second-order valence-electron chi connectivity index (χ2n) is 4.49. The highest BCUT2D eigenvalue weighted by Crippen LogP contribution is 2.17. The third-order valence-electron chi connectivity index (χ3n) is 2.93. The number of hydrazine groups is 1. The van der Waals surface area contributed by atoms with Crippen molar-refractivity contribution in [3.63, 3.8) is 0 Å². The first-order chi connectivity index (χ1) is 9.56. The number of hydrogen-bond donors (Lipinski definition) is 5. The fraction of sp³-hybridized carbons (Fsp3) is 0.417. The monoisotopic (exact) mass is 286 g/mol. The summed E-state index contributed by atoms with van der Waals surface area (Å²) in [7, 11) is 0. The first kappa shape index (κ1) is 14.6. The summed E-state index contributed by atoms with van der Waals surface area (Å²) in [5, 5.41) is 14.9. The van der Waals surface area contributed by atoms with Gasteiger partial charge in [0.15, 0.2) is 0 Å². The Morgan fingerprint density at radius 1 is 1.40 bits per heavy atom. The van der Waals surface area contributed by atoms with Crippen molar-refractivity contribution in [3.8, 4) is 0 Å². The van der Waals surface area contributed by atoms with Crippen molar-refractivity contribution in [2.24, 2.45) is 0 Å². The van der Waals surface area contributed by atoms with E-state index in [9.17, 15) is 18.7 Å². The molecule has 0 bridgehead atoms. The Hall–Kier alpha value is -1.77. The van der Waals surface area contributed by atoms with Crippen molar-refractivity contribution in [2.45, 2.75) is 12.1 Å². The molecule has 110 valence electrons. The van der Waals surface area contributed by atoms with Crippen molar-refractivity contribution in [2.75, 3.05) is 19.6 Å². The molecular formula is C12H16F2N4O2. The van der Waals surface area contributed by atoms with Crippen LogP contribution < -0.4 is 21.5 Å². The van der Waals surface area contributed by atoms with Gasteiger partial charge in [-0.3, -0.25) is 10.9 Å². The van der Waals surface area contributed by atoms with E-state index in [1.54, 1.807) is 0 Å². The predicted molar refractivity (Wildman–Crippen MR) is 67.6 cm³/mol. The van der Waals surface area contributed by atoms with Crippen LogP contribution >= 0.6 is 0 Å². The lowest BCUT2D eigenvalue weighted by Gasteiger charge is -2.15. The average molecular weight is 286 g/mol. The van der Waals surface area contributed by atoms with E-state index in [4.69, 9.17) is 0 Å². The van der Waals surface area contributed by atoms with E-state index >= 15 is 0 Å². The summed E-state index contributed by atoms with van der Waals surface area (Å²) < 4.78 is 26.1. The Bertz CT molecular complexity index is 481. The third-order valence-corrected chi connectivity index (χ3v) is 2.93. The summed E-state index contributed by atoms with van der Waals surface area (Å²) in [6, 6.07) is 2.39. The van der Waals surface area contributed by atoms with Gasteiger partial charge in [0.25, 0.3) is 0 Å². The molecular weight excluding hydrogens is 270 g/mol. The molecule has 1 aromatic carbocycles. The average Bonchev–Trinajstić information content (AvgIpc) is 2.89. The lowest BCUT2D eigenvalue weighted by atomic mass is 10.1. The second-order valence-corrected chi connectivity index (χ2v) is 4.49. The fourth-order valence-electron chi connectivity index (χ4n) is 1.87. The molecule has 1 fully saturated rings. The Morgan fingerprint density at radius 3 is 2.75 bits per heavy atom. The van der Waals surface area contributed by atoms with Crippen molar-refractivity contribution in [1.29, 1.82) is 0 Å². The van der Waals surface area contributed by atoms with Crippen molar-refractivity contribution < 1.29 is 18.7 Å². The van der Waals surface area contributed by atoms with Gasteiger partial charge >= 0.3 is 6.03 Å². The van der Waals surface area contributed by atoms with Crippen molar-refractivity contribution in [3.05, 3.63) is 35.4 Å².